The maximum absolute atomic E-state index is 12.2. The van der Waals surface area contributed by atoms with Crippen LogP contribution in [0.5, 0.6) is 5.75 Å². The molecular weight excluding hydrogens is 448 g/mol. The van der Waals surface area contributed by atoms with Gasteiger partial charge in [0.25, 0.3) is 12.9 Å². The number of carbonyl (C=O) groups is 3. The van der Waals surface area contributed by atoms with Crippen LogP contribution in [0.25, 0.3) is 0 Å². The number of nitrogens with zero attached hydrogens (tertiary/aromatic N) is 3. The Bertz CT molecular complexity index is 843. The first kappa shape index (κ1) is 28.6. The third-order valence-electron chi connectivity index (χ3n) is 4.91. The van der Waals surface area contributed by atoms with Gasteiger partial charge in [-0.2, -0.15) is 0 Å². The number of aromatic nitrogens is 2. The molecule has 12 heteroatoms. The number of ether oxygens (including phenoxy) is 2. The predicted molar refractivity (Wildman–Crippen MR) is 121 cm³/mol. The van der Waals surface area contributed by atoms with Crippen LogP contribution in [0.1, 0.15) is 12.0 Å². The van der Waals surface area contributed by atoms with Gasteiger partial charge in [0, 0.05) is 37.7 Å². The molecule has 1 aliphatic rings. The quantitative estimate of drug-likeness (QED) is 0.380. The molecule has 188 valence electrons. The molecule has 1 aromatic heterocycles. The number of imidazole rings is 1. The number of hydrogen-bond donors (Lipinski definition) is 4. The molecule has 2 heterocycles. The average molecular weight is 481 g/mol. The number of nitrogens with one attached hydrogen (secondary N) is 1. The molecule has 0 aliphatic carbocycles. The predicted octanol–water partition coefficient (Wildman–Crippen LogP) is 0.0599. The van der Waals surface area contributed by atoms with Crippen molar-refractivity contribution in [1.29, 1.82) is 0 Å². The molecule has 34 heavy (non-hydrogen) atoms. The van der Waals surface area contributed by atoms with Crippen LogP contribution in [-0.2, 0) is 32.2 Å². The molecule has 2 aromatic rings. The SMILES string of the molecule is COc1ccccc1CN(C)C[C@H]1OCC[C@H](NC(=O)Cn2ccnc2)[C@@H]1O.O=CO.O=CO. The zero-order valence-electron chi connectivity index (χ0n) is 19.2. The minimum Gasteiger partial charge on any atom is -0.496 e. The monoisotopic (exact) mass is 480 g/mol. The lowest BCUT2D eigenvalue weighted by molar-refractivity contribution is -0.130. The molecule has 12 nitrogen and oxygen atoms in total. The number of aliphatic hydroxyl groups is 1. The molecule has 3 rings (SSSR count). The molecule has 3 atom stereocenters. The third kappa shape index (κ3) is 9.98. The Morgan fingerprint density at radius 3 is 2.62 bits per heavy atom. The second-order valence-corrected chi connectivity index (χ2v) is 7.32. The topological polar surface area (TPSA) is 163 Å². The van der Waals surface area contributed by atoms with Gasteiger partial charge in [-0.25, -0.2) is 4.98 Å². The fraction of sp³-hybridized carbons (Fsp3) is 0.455. The van der Waals surface area contributed by atoms with Crippen molar-refractivity contribution < 1.29 is 39.2 Å². The summed E-state index contributed by atoms with van der Waals surface area (Å²) in [4.78, 5) is 35.0. The lowest BCUT2D eigenvalue weighted by atomic mass is 9.99. The van der Waals surface area contributed by atoms with Gasteiger partial charge in [0.1, 0.15) is 18.4 Å². The summed E-state index contributed by atoms with van der Waals surface area (Å²) in [5.41, 5.74) is 1.07. The van der Waals surface area contributed by atoms with E-state index in [0.717, 1.165) is 11.3 Å². The number of carbonyl (C=O) groups excluding carboxylic acids is 1. The summed E-state index contributed by atoms with van der Waals surface area (Å²) in [7, 11) is 3.63. The van der Waals surface area contributed by atoms with Gasteiger partial charge in [-0.1, -0.05) is 18.2 Å². The molecule has 0 bridgehead atoms. The van der Waals surface area contributed by atoms with Crippen LogP contribution < -0.4 is 10.1 Å². The summed E-state index contributed by atoms with van der Waals surface area (Å²) in [6.07, 6.45) is 4.41. The van der Waals surface area contributed by atoms with E-state index in [2.05, 4.69) is 15.2 Å². The Hall–Kier alpha value is -3.48. The number of rotatable bonds is 8. The van der Waals surface area contributed by atoms with E-state index in [1.165, 1.54) is 0 Å². The Morgan fingerprint density at radius 1 is 1.32 bits per heavy atom. The van der Waals surface area contributed by atoms with Crippen LogP contribution in [0.4, 0.5) is 0 Å². The van der Waals surface area contributed by atoms with E-state index in [9.17, 15) is 9.90 Å². The summed E-state index contributed by atoms with van der Waals surface area (Å²) in [5.74, 6) is 0.689. The number of methoxy groups -OCH3 is 1. The highest BCUT2D eigenvalue weighted by Crippen LogP contribution is 2.21. The molecule has 1 aliphatic heterocycles. The second kappa shape index (κ2) is 16.2. The van der Waals surface area contributed by atoms with Gasteiger partial charge in [-0.15, -0.1) is 0 Å². The van der Waals surface area contributed by atoms with E-state index >= 15 is 0 Å². The number of para-hydroxylation sites is 1. The first-order chi connectivity index (χ1) is 16.4. The van der Waals surface area contributed by atoms with Gasteiger partial charge in [-0.05, 0) is 19.5 Å². The van der Waals surface area contributed by atoms with Crippen molar-refractivity contribution in [1.82, 2.24) is 19.8 Å². The first-order valence-corrected chi connectivity index (χ1v) is 10.4. The van der Waals surface area contributed by atoms with Gasteiger partial charge >= 0.3 is 0 Å². The number of aliphatic hydroxyl groups excluding tert-OH is 1. The van der Waals surface area contributed by atoms with E-state index in [-0.39, 0.29) is 37.5 Å². The highest BCUT2D eigenvalue weighted by atomic mass is 16.5. The molecule has 0 radical (unpaired) electrons. The Morgan fingerprint density at radius 2 is 2.00 bits per heavy atom. The first-order valence-electron chi connectivity index (χ1n) is 10.4. The van der Waals surface area contributed by atoms with Crippen molar-refractivity contribution in [3.05, 3.63) is 48.5 Å². The van der Waals surface area contributed by atoms with Gasteiger partial charge in [0.15, 0.2) is 0 Å². The molecule has 0 unspecified atom stereocenters. The standard InChI is InChI=1S/C20H28N4O4.2CH2O2/c1-23(11-15-5-3-4-6-17(15)27-2)12-18-20(26)16(7-10-28-18)22-19(25)13-24-9-8-21-14-24;2*2-1-3/h3-6,8-9,14,16,18,20,26H,7,10-13H2,1-2H3,(H,22,25);2*1H,(H,2,3)/t16-,18+,20-;;/m0../s1. The van der Waals surface area contributed by atoms with Crippen LogP contribution in [0.15, 0.2) is 43.0 Å². The van der Waals surface area contributed by atoms with Crippen molar-refractivity contribution >= 4 is 18.9 Å². The van der Waals surface area contributed by atoms with E-state index in [0.29, 0.717) is 26.1 Å². The Labute approximate surface area is 197 Å². The maximum atomic E-state index is 12.2. The second-order valence-electron chi connectivity index (χ2n) is 7.32. The maximum Gasteiger partial charge on any atom is 0.290 e. The summed E-state index contributed by atoms with van der Waals surface area (Å²) < 4.78 is 12.9. The van der Waals surface area contributed by atoms with E-state index in [1.807, 2.05) is 31.3 Å². The number of likely N-dealkylation sites (N-methyl/N-ethyl adjacent to an activating group) is 1. The highest BCUT2D eigenvalue weighted by Gasteiger charge is 2.34. The molecule has 1 aromatic carbocycles. The smallest absolute Gasteiger partial charge is 0.290 e. The number of benzene rings is 1. The van der Waals surface area contributed by atoms with Crippen molar-refractivity contribution in [2.24, 2.45) is 0 Å². The van der Waals surface area contributed by atoms with Crippen molar-refractivity contribution in [2.45, 2.75) is 37.8 Å². The largest absolute Gasteiger partial charge is 0.496 e. The minimum atomic E-state index is -0.763. The average Bonchev–Trinajstić information content (AvgIpc) is 3.31. The lowest BCUT2D eigenvalue weighted by Crippen LogP contribution is -2.56. The van der Waals surface area contributed by atoms with Gasteiger partial charge in [-0.3, -0.25) is 19.3 Å². The fourth-order valence-electron chi connectivity index (χ4n) is 3.49. The summed E-state index contributed by atoms with van der Waals surface area (Å²) >= 11 is 0. The summed E-state index contributed by atoms with van der Waals surface area (Å²) in [6.45, 7) is 1.41. The van der Waals surface area contributed by atoms with Crippen molar-refractivity contribution in [3.63, 3.8) is 0 Å². The van der Waals surface area contributed by atoms with Crippen LogP contribution in [0.3, 0.4) is 0 Å². The zero-order chi connectivity index (χ0) is 25.3. The van der Waals surface area contributed by atoms with E-state index in [4.69, 9.17) is 29.3 Å². The summed E-state index contributed by atoms with van der Waals surface area (Å²) in [6, 6.07) is 7.54. The number of amides is 1. The number of carboxylic acid groups (broad SMARTS) is 2. The van der Waals surface area contributed by atoms with Crippen LogP contribution in [-0.4, -0.2) is 94.2 Å². The van der Waals surface area contributed by atoms with Crippen LogP contribution in [0, 0.1) is 0 Å². The Kier molecular flexibility index (Phi) is 13.6. The number of hydrogen-bond acceptors (Lipinski definition) is 8. The third-order valence-corrected chi connectivity index (χ3v) is 4.91. The van der Waals surface area contributed by atoms with Gasteiger partial charge in [0.05, 0.1) is 25.6 Å². The highest BCUT2D eigenvalue weighted by molar-refractivity contribution is 5.76. The Balaban J connectivity index is 0.000000872. The zero-order valence-corrected chi connectivity index (χ0v) is 19.2. The van der Waals surface area contributed by atoms with E-state index in [1.54, 1.807) is 30.4 Å². The molecule has 1 fully saturated rings. The lowest BCUT2D eigenvalue weighted by Gasteiger charge is -2.37. The van der Waals surface area contributed by atoms with Crippen LogP contribution in [0.2, 0.25) is 0 Å². The molecular formula is C22H32N4O8. The molecule has 0 spiro atoms. The van der Waals surface area contributed by atoms with Gasteiger partial charge < -0.3 is 34.7 Å². The van der Waals surface area contributed by atoms with Gasteiger partial charge in [0.2, 0.25) is 5.91 Å². The normalized spacial score (nSPS) is 19.0. The molecule has 4 N–H and O–H groups in total. The van der Waals surface area contributed by atoms with E-state index < -0.39 is 6.10 Å². The minimum absolute atomic E-state index is 0.148. The molecule has 1 amide bonds. The van der Waals surface area contributed by atoms with Crippen molar-refractivity contribution in [3.8, 4) is 5.75 Å². The van der Waals surface area contributed by atoms with Crippen molar-refractivity contribution in [2.75, 3.05) is 27.3 Å². The summed E-state index contributed by atoms with van der Waals surface area (Å²) in [5, 5.41) is 27.4. The molecule has 0 saturated carbocycles. The molecule has 1 saturated heterocycles. The fourth-order valence-corrected chi connectivity index (χ4v) is 3.49. The van der Waals surface area contributed by atoms with Crippen LogP contribution >= 0.6 is 0 Å².